The third-order valence-corrected chi connectivity index (χ3v) is 5.49. The Morgan fingerprint density at radius 1 is 1.24 bits per heavy atom. The predicted molar refractivity (Wildman–Crippen MR) is 75.8 cm³/mol. The average molecular weight is 247 g/mol. The lowest BCUT2D eigenvalue weighted by atomic mass is 9.93. The maximum atomic E-state index is 3.47. The molecule has 1 heterocycles. The Kier molecular flexibility index (Phi) is 3.44. The summed E-state index contributed by atoms with van der Waals surface area (Å²) in [4.78, 5) is 0. The molecule has 0 saturated carbocycles. The molecular formula is C15H21NS. The highest BCUT2D eigenvalue weighted by atomic mass is 32.2. The second-order valence-electron chi connectivity index (χ2n) is 5.35. The van der Waals surface area contributed by atoms with Crippen LogP contribution in [0.5, 0.6) is 0 Å². The lowest BCUT2D eigenvalue weighted by molar-refractivity contribution is 0.453. The van der Waals surface area contributed by atoms with Crippen LogP contribution in [0.1, 0.15) is 23.1 Å². The molecular weight excluding hydrogens is 226 g/mol. The molecule has 1 N–H and O–H groups in total. The first-order chi connectivity index (χ1) is 8.36. The highest BCUT2D eigenvalue weighted by Gasteiger charge is 2.26. The summed E-state index contributed by atoms with van der Waals surface area (Å²) in [5, 5.41) is 3.47. The molecule has 1 nitrogen and oxygen atoms in total. The van der Waals surface area contributed by atoms with E-state index in [1.54, 1.807) is 16.7 Å². The first kappa shape index (κ1) is 11.6. The number of benzene rings is 1. The Labute approximate surface area is 108 Å². The Balaban J connectivity index is 1.72. The van der Waals surface area contributed by atoms with Crippen molar-refractivity contribution in [2.45, 2.75) is 31.7 Å². The minimum Gasteiger partial charge on any atom is -0.316 e. The molecule has 2 atom stereocenters. The number of nitrogens with one attached hydrogen (secondary N) is 1. The maximum absolute atomic E-state index is 3.47. The number of hydrogen-bond acceptors (Lipinski definition) is 2. The van der Waals surface area contributed by atoms with Crippen LogP contribution in [0.3, 0.4) is 0 Å². The molecule has 1 saturated heterocycles. The van der Waals surface area contributed by atoms with E-state index in [2.05, 4.69) is 42.3 Å². The zero-order valence-electron chi connectivity index (χ0n) is 10.5. The summed E-state index contributed by atoms with van der Waals surface area (Å²) in [6, 6.07) is 7.92. The summed E-state index contributed by atoms with van der Waals surface area (Å²) in [5.41, 5.74) is 4.77. The van der Waals surface area contributed by atoms with Gasteiger partial charge in [-0.05, 0) is 61.1 Å². The predicted octanol–water partition coefficient (Wildman–Crippen LogP) is 2.67. The smallest absolute Gasteiger partial charge is 0.0194 e. The highest BCUT2D eigenvalue weighted by molar-refractivity contribution is 7.99. The molecule has 3 rings (SSSR count). The lowest BCUT2D eigenvalue weighted by Crippen LogP contribution is -2.33. The molecule has 1 aromatic carbocycles. The fraction of sp³-hybridized carbons (Fsp3) is 0.600. The van der Waals surface area contributed by atoms with Crippen LogP contribution in [0, 0.1) is 5.92 Å². The molecule has 2 heteroatoms. The molecule has 0 amide bonds. The number of fused-ring (bicyclic) bond motifs is 1. The summed E-state index contributed by atoms with van der Waals surface area (Å²) in [6.07, 6.45) is 5.22. The molecule has 1 aliphatic carbocycles. The van der Waals surface area contributed by atoms with E-state index in [0.717, 1.165) is 5.92 Å². The lowest BCUT2D eigenvalue weighted by Gasteiger charge is -2.18. The van der Waals surface area contributed by atoms with Gasteiger partial charge < -0.3 is 5.32 Å². The first-order valence-corrected chi connectivity index (χ1v) is 7.88. The van der Waals surface area contributed by atoms with Crippen LogP contribution in [-0.2, 0) is 19.3 Å². The van der Waals surface area contributed by atoms with Gasteiger partial charge in [0, 0.05) is 11.8 Å². The summed E-state index contributed by atoms with van der Waals surface area (Å²) >= 11 is 2.10. The molecule has 0 aromatic heterocycles. The Morgan fingerprint density at radius 2 is 2.12 bits per heavy atom. The van der Waals surface area contributed by atoms with E-state index in [0.29, 0.717) is 6.04 Å². The van der Waals surface area contributed by atoms with Gasteiger partial charge in [0.25, 0.3) is 0 Å². The number of hydrogen-bond donors (Lipinski definition) is 1. The van der Waals surface area contributed by atoms with Crippen LogP contribution in [-0.4, -0.2) is 24.6 Å². The number of rotatable bonds is 3. The van der Waals surface area contributed by atoms with Crippen LogP contribution in [0.25, 0.3) is 0 Å². The van der Waals surface area contributed by atoms with Gasteiger partial charge in [0.05, 0.1) is 0 Å². The molecule has 0 bridgehead atoms. The van der Waals surface area contributed by atoms with Crippen LogP contribution in [0.2, 0.25) is 0 Å². The average Bonchev–Trinajstić information content (AvgIpc) is 2.96. The highest BCUT2D eigenvalue weighted by Crippen LogP contribution is 2.29. The standard InChI is InChI=1S/C15H21NS/c1-16-15-10-17-9-14(15)8-11-5-6-12-3-2-4-13(12)7-11/h5-7,14-16H,2-4,8-10H2,1H3. The van der Waals surface area contributed by atoms with Crippen molar-refractivity contribution in [3.05, 3.63) is 34.9 Å². The second kappa shape index (κ2) is 5.03. The minimum atomic E-state index is 0.716. The molecule has 17 heavy (non-hydrogen) atoms. The van der Waals surface area contributed by atoms with Crippen molar-refractivity contribution in [2.24, 2.45) is 5.92 Å². The summed E-state index contributed by atoms with van der Waals surface area (Å²) in [6.45, 7) is 0. The van der Waals surface area contributed by atoms with Gasteiger partial charge in [-0.25, -0.2) is 0 Å². The molecule has 0 spiro atoms. The topological polar surface area (TPSA) is 12.0 Å². The molecule has 1 aromatic rings. The van der Waals surface area contributed by atoms with Gasteiger partial charge in [0.1, 0.15) is 0 Å². The quantitative estimate of drug-likeness (QED) is 0.881. The molecule has 1 aliphatic heterocycles. The third-order valence-electron chi connectivity index (χ3n) is 4.23. The molecule has 1 fully saturated rings. The van der Waals surface area contributed by atoms with Gasteiger partial charge in [-0.15, -0.1) is 0 Å². The van der Waals surface area contributed by atoms with E-state index in [1.807, 2.05) is 0 Å². The number of aryl methyl sites for hydroxylation is 2. The van der Waals surface area contributed by atoms with Crippen LogP contribution in [0.15, 0.2) is 18.2 Å². The van der Waals surface area contributed by atoms with Gasteiger partial charge in [-0.3, -0.25) is 0 Å². The Bertz CT molecular complexity index is 402. The van der Waals surface area contributed by atoms with E-state index in [1.165, 1.54) is 37.2 Å². The van der Waals surface area contributed by atoms with Gasteiger partial charge in [-0.2, -0.15) is 11.8 Å². The van der Waals surface area contributed by atoms with E-state index >= 15 is 0 Å². The van der Waals surface area contributed by atoms with Crippen molar-refractivity contribution in [1.29, 1.82) is 0 Å². The summed E-state index contributed by atoms with van der Waals surface area (Å²) < 4.78 is 0. The molecule has 2 aliphatic rings. The summed E-state index contributed by atoms with van der Waals surface area (Å²) in [7, 11) is 2.10. The molecule has 92 valence electrons. The third kappa shape index (κ3) is 2.38. The monoisotopic (exact) mass is 247 g/mol. The zero-order valence-corrected chi connectivity index (χ0v) is 11.4. The van der Waals surface area contributed by atoms with Crippen molar-refractivity contribution in [2.75, 3.05) is 18.6 Å². The summed E-state index contributed by atoms with van der Waals surface area (Å²) in [5.74, 6) is 3.43. The second-order valence-corrected chi connectivity index (χ2v) is 6.43. The minimum absolute atomic E-state index is 0.716. The molecule has 2 unspecified atom stereocenters. The fourth-order valence-corrected chi connectivity index (χ4v) is 4.66. The van der Waals surface area contributed by atoms with Crippen LogP contribution >= 0.6 is 11.8 Å². The van der Waals surface area contributed by atoms with Crippen molar-refractivity contribution in [1.82, 2.24) is 5.32 Å². The van der Waals surface area contributed by atoms with Gasteiger partial charge in [-0.1, -0.05) is 18.2 Å². The van der Waals surface area contributed by atoms with Gasteiger partial charge in [0.15, 0.2) is 0 Å². The van der Waals surface area contributed by atoms with Gasteiger partial charge >= 0.3 is 0 Å². The largest absolute Gasteiger partial charge is 0.316 e. The first-order valence-electron chi connectivity index (χ1n) is 6.72. The fourth-order valence-electron chi connectivity index (χ4n) is 3.17. The van der Waals surface area contributed by atoms with E-state index in [4.69, 9.17) is 0 Å². The van der Waals surface area contributed by atoms with E-state index in [-0.39, 0.29) is 0 Å². The Morgan fingerprint density at radius 3 is 3.00 bits per heavy atom. The molecule has 0 radical (unpaired) electrons. The van der Waals surface area contributed by atoms with E-state index in [9.17, 15) is 0 Å². The van der Waals surface area contributed by atoms with Crippen molar-refractivity contribution in [3.63, 3.8) is 0 Å². The van der Waals surface area contributed by atoms with Crippen LogP contribution in [0.4, 0.5) is 0 Å². The van der Waals surface area contributed by atoms with Crippen LogP contribution < -0.4 is 5.32 Å². The zero-order chi connectivity index (χ0) is 11.7. The van der Waals surface area contributed by atoms with Crippen molar-refractivity contribution >= 4 is 11.8 Å². The Hall–Kier alpha value is -0.470. The van der Waals surface area contributed by atoms with Crippen molar-refractivity contribution < 1.29 is 0 Å². The SMILES string of the molecule is CNC1CSCC1Cc1ccc2c(c1)CCC2. The van der Waals surface area contributed by atoms with E-state index < -0.39 is 0 Å². The number of thioether (sulfide) groups is 1. The maximum Gasteiger partial charge on any atom is 0.0194 e. The normalized spacial score (nSPS) is 27.4. The van der Waals surface area contributed by atoms with Crippen molar-refractivity contribution in [3.8, 4) is 0 Å². The van der Waals surface area contributed by atoms with Gasteiger partial charge in [0.2, 0.25) is 0 Å².